The molecule has 0 unspecified atom stereocenters. The molecule has 1 rings (SSSR count). The predicted octanol–water partition coefficient (Wildman–Crippen LogP) is 1.15. The normalized spacial score (nSPS) is 11.8. The molecule has 1 aromatic carbocycles. The van der Waals surface area contributed by atoms with Crippen LogP contribution in [0.2, 0.25) is 0 Å². The van der Waals surface area contributed by atoms with Crippen LogP contribution < -0.4 is 10.9 Å². The highest BCUT2D eigenvalue weighted by Crippen LogP contribution is 2.30. The van der Waals surface area contributed by atoms with E-state index in [1.54, 1.807) is 27.7 Å². The first-order valence-corrected chi connectivity index (χ1v) is 6.11. The number of rotatable bonds is 1. The fourth-order valence-corrected chi connectivity index (χ4v) is 2.89. The molecule has 0 amide bonds. The molecule has 5 heteroatoms. The van der Waals surface area contributed by atoms with Crippen molar-refractivity contribution < 1.29 is 8.42 Å². The second kappa shape index (κ2) is 3.50. The molecule has 0 fully saturated rings. The smallest absolute Gasteiger partial charge is 0.238 e. The van der Waals surface area contributed by atoms with Crippen LogP contribution in [0.25, 0.3) is 0 Å². The van der Waals surface area contributed by atoms with E-state index >= 15 is 0 Å². The van der Waals surface area contributed by atoms with Crippen LogP contribution in [0.1, 0.15) is 22.3 Å². The Morgan fingerprint density at radius 1 is 0.867 bits per heavy atom. The van der Waals surface area contributed by atoms with Crippen LogP contribution in [0.5, 0.6) is 0 Å². The van der Waals surface area contributed by atoms with Crippen molar-refractivity contribution in [1.82, 2.24) is 0 Å². The lowest BCUT2D eigenvalue weighted by Crippen LogP contribution is -2.17. The molecule has 84 valence electrons. The fourth-order valence-electron chi connectivity index (χ4n) is 1.73. The van der Waals surface area contributed by atoms with Gasteiger partial charge in [0.25, 0.3) is 0 Å². The molecule has 15 heavy (non-hydrogen) atoms. The van der Waals surface area contributed by atoms with E-state index in [0.717, 1.165) is 11.1 Å². The first-order chi connectivity index (χ1) is 6.68. The van der Waals surface area contributed by atoms with Crippen molar-refractivity contribution in [2.45, 2.75) is 32.6 Å². The lowest BCUT2D eigenvalue weighted by Gasteiger charge is -2.16. The summed E-state index contributed by atoms with van der Waals surface area (Å²) in [6.45, 7) is 7.04. The van der Waals surface area contributed by atoms with Gasteiger partial charge in [0.2, 0.25) is 10.0 Å². The maximum Gasteiger partial charge on any atom is 0.238 e. The van der Waals surface area contributed by atoms with Gasteiger partial charge < -0.3 is 5.73 Å². The summed E-state index contributed by atoms with van der Waals surface area (Å²) < 4.78 is 22.9. The Kier molecular flexibility index (Phi) is 2.80. The molecular weight excluding hydrogens is 212 g/mol. The molecule has 0 spiro atoms. The summed E-state index contributed by atoms with van der Waals surface area (Å²) in [5, 5.41) is 5.18. The highest BCUT2D eigenvalue weighted by Gasteiger charge is 2.20. The van der Waals surface area contributed by atoms with Crippen LogP contribution in [0.4, 0.5) is 5.69 Å². The van der Waals surface area contributed by atoms with E-state index < -0.39 is 10.0 Å². The van der Waals surface area contributed by atoms with Crippen LogP contribution in [-0.2, 0) is 10.0 Å². The molecule has 0 aliphatic carbocycles. The minimum atomic E-state index is -3.68. The maximum absolute atomic E-state index is 11.4. The minimum Gasteiger partial charge on any atom is -0.398 e. The average molecular weight is 228 g/mol. The van der Waals surface area contributed by atoms with Gasteiger partial charge in [0.1, 0.15) is 0 Å². The number of sulfonamides is 1. The number of primary sulfonamides is 1. The van der Waals surface area contributed by atoms with Crippen LogP contribution in [0.15, 0.2) is 4.90 Å². The SMILES string of the molecule is Cc1c(C)c(S(N)(=O)=O)c(C)c(C)c1N. The Labute approximate surface area is 90.3 Å². The van der Waals surface area contributed by atoms with Crippen molar-refractivity contribution >= 4 is 15.7 Å². The molecule has 0 aliphatic rings. The van der Waals surface area contributed by atoms with Crippen molar-refractivity contribution in [3.8, 4) is 0 Å². The Hall–Kier alpha value is -1.07. The van der Waals surface area contributed by atoms with Crippen LogP contribution in [0, 0.1) is 27.7 Å². The van der Waals surface area contributed by atoms with E-state index in [1.165, 1.54) is 0 Å². The standard InChI is InChI=1S/C10H16N2O2S/c1-5-7(3)10(15(12,13)14)8(4)6(2)9(5)11/h11H2,1-4H3,(H2,12,13,14). The number of hydrogen-bond acceptors (Lipinski definition) is 3. The summed E-state index contributed by atoms with van der Waals surface area (Å²) >= 11 is 0. The summed E-state index contributed by atoms with van der Waals surface area (Å²) in [6, 6.07) is 0. The summed E-state index contributed by atoms with van der Waals surface area (Å²) in [7, 11) is -3.68. The third-order valence-corrected chi connectivity index (χ3v) is 4.08. The number of nitrogens with two attached hydrogens (primary N) is 2. The Bertz CT molecular complexity index is 490. The van der Waals surface area contributed by atoms with Gasteiger partial charge in [-0.25, -0.2) is 13.6 Å². The zero-order chi connectivity index (χ0) is 12.0. The molecule has 0 heterocycles. The van der Waals surface area contributed by atoms with Crippen molar-refractivity contribution in [3.63, 3.8) is 0 Å². The molecule has 0 saturated heterocycles. The maximum atomic E-state index is 11.4. The Morgan fingerprint density at radius 3 is 1.47 bits per heavy atom. The van der Waals surface area contributed by atoms with Gasteiger partial charge in [-0.3, -0.25) is 0 Å². The average Bonchev–Trinajstić information content (AvgIpc) is 2.09. The minimum absolute atomic E-state index is 0.201. The van der Waals surface area contributed by atoms with Crippen LogP contribution >= 0.6 is 0 Å². The van der Waals surface area contributed by atoms with Crippen molar-refractivity contribution in [2.75, 3.05) is 5.73 Å². The van der Waals surface area contributed by atoms with Crippen molar-refractivity contribution in [2.24, 2.45) is 5.14 Å². The molecule has 0 saturated carbocycles. The number of benzene rings is 1. The summed E-state index contributed by atoms with van der Waals surface area (Å²) in [4.78, 5) is 0.201. The van der Waals surface area contributed by atoms with Gasteiger partial charge in [-0.15, -0.1) is 0 Å². The molecule has 0 atom stereocenters. The highest BCUT2D eigenvalue weighted by atomic mass is 32.2. The molecule has 4 N–H and O–H groups in total. The van der Waals surface area contributed by atoms with E-state index in [0.29, 0.717) is 16.8 Å². The second-order valence-electron chi connectivity index (χ2n) is 3.79. The Balaban J connectivity index is 3.84. The zero-order valence-corrected chi connectivity index (χ0v) is 10.2. The zero-order valence-electron chi connectivity index (χ0n) is 9.38. The fraction of sp³-hybridized carbons (Fsp3) is 0.400. The molecule has 0 aromatic heterocycles. The van der Waals surface area contributed by atoms with Crippen LogP contribution in [0.3, 0.4) is 0 Å². The Morgan fingerprint density at radius 2 is 1.20 bits per heavy atom. The largest absolute Gasteiger partial charge is 0.398 e. The van der Waals surface area contributed by atoms with Gasteiger partial charge in [0.15, 0.2) is 0 Å². The summed E-state index contributed by atoms with van der Waals surface area (Å²) in [5.41, 5.74) is 9.33. The van der Waals surface area contributed by atoms with Gasteiger partial charge in [-0.2, -0.15) is 0 Å². The van der Waals surface area contributed by atoms with Gasteiger partial charge in [-0.05, 0) is 49.9 Å². The van der Waals surface area contributed by atoms with Gasteiger partial charge >= 0.3 is 0 Å². The number of nitrogen functional groups attached to an aromatic ring is 1. The second-order valence-corrected chi connectivity index (χ2v) is 5.29. The third kappa shape index (κ3) is 1.85. The lowest BCUT2D eigenvalue weighted by atomic mass is 9.99. The van der Waals surface area contributed by atoms with Gasteiger partial charge in [0, 0.05) is 5.69 Å². The van der Waals surface area contributed by atoms with Gasteiger partial charge in [-0.1, -0.05) is 0 Å². The molecular formula is C10H16N2O2S. The molecule has 1 aromatic rings. The monoisotopic (exact) mass is 228 g/mol. The highest BCUT2D eigenvalue weighted by molar-refractivity contribution is 7.89. The first kappa shape index (κ1) is 12.0. The van der Waals surface area contributed by atoms with Crippen molar-refractivity contribution in [1.29, 1.82) is 0 Å². The topological polar surface area (TPSA) is 86.2 Å². The lowest BCUT2D eigenvalue weighted by molar-refractivity contribution is 0.596. The van der Waals surface area contributed by atoms with E-state index in [-0.39, 0.29) is 4.90 Å². The first-order valence-electron chi connectivity index (χ1n) is 4.56. The van der Waals surface area contributed by atoms with E-state index in [9.17, 15) is 8.42 Å². The van der Waals surface area contributed by atoms with Crippen LogP contribution in [-0.4, -0.2) is 8.42 Å². The molecule has 0 bridgehead atoms. The number of hydrogen-bond donors (Lipinski definition) is 2. The number of anilines is 1. The summed E-state index contributed by atoms with van der Waals surface area (Å²) in [5.74, 6) is 0. The molecule has 4 nitrogen and oxygen atoms in total. The van der Waals surface area contributed by atoms with E-state index in [2.05, 4.69) is 0 Å². The van der Waals surface area contributed by atoms with Crippen molar-refractivity contribution in [3.05, 3.63) is 22.3 Å². The molecule has 0 radical (unpaired) electrons. The quantitative estimate of drug-likeness (QED) is 0.707. The van der Waals surface area contributed by atoms with E-state index in [4.69, 9.17) is 10.9 Å². The van der Waals surface area contributed by atoms with E-state index in [1.807, 2.05) is 0 Å². The summed E-state index contributed by atoms with van der Waals surface area (Å²) in [6.07, 6.45) is 0. The molecule has 0 aliphatic heterocycles. The third-order valence-electron chi connectivity index (χ3n) is 2.90. The predicted molar refractivity (Wildman–Crippen MR) is 61.2 cm³/mol. The van der Waals surface area contributed by atoms with Gasteiger partial charge in [0.05, 0.1) is 4.90 Å².